The van der Waals surface area contributed by atoms with E-state index in [0.29, 0.717) is 12.0 Å². The van der Waals surface area contributed by atoms with Crippen LogP contribution >= 0.6 is 38.9 Å². The maximum Gasteiger partial charge on any atom is 0.114 e. The first-order valence-electron chi connectivity index (χ1n) is 7.21. The third-order valence-electron chi connectivity index (χ3n) is 3.63. The lowest BCUT2D eigenvalue weighted by molar-refractivity contribution is 0.595. The second-order valence-corrected chi connectivity index (χ2v) is 8.02. The second kappa shape index (κ2) is 6.37. The molecule has 2 nitrogen and oxygen atoms in total. The lowest BCUT2D eigenvalue weighted by atomic mass is 10.1. The van der Waals surface area contributed by atoms with Crippen molar-refractivity contribution < 1.29 is 0 Å². The summed E-state index contributed by atoms with van der Waals surface area (Å²) in [7, 11) is 0. The van der Waals surface area contributed by atoms with Crippen molar-refractivity contribution in [2.24, 2.45) is 0 Å². The Morgan fingerprint density at radius 3 is 2.76 bits per heavy atom. The van der Waals surface area contributed by atoms with Gasteiger partial charge >= 0.3 is 0 Å². The average Bonchev–Trinajstić information content (AvgIpc) is 3.12. The van der Waals surface area contributed by atoms with Gasteiger partial charge < -0.3 is 5.32 Å². The lowest BCUT2D eigenvalue weighted by Gasteiger charge is -2.18. The third-order valence-corrected chi connectivity index (χ3v) is 5.39. The largest absolute Gasteiger partial charge is 0.301 e. The van der Waals surface area contributed by atoms with E-state index in [1.54, 1.807) is 11.3 Å². The Hall–Kier alpha value is -0.420. The van der Waals surface area contributed by atoms with E-state index in [-0.39, 0.29) is 6.04 Å². The molecule has 0 spiro atoms. The van der Waals surface area contributed by atoms with Gasteiger partial charge in [0.1, 0.15) is 5.01 Å². The van der Waals surface area contributed by atoms with Crippen LogP contribution in [0, 0.1) is 0 Å². The molecule has 21 heavy (non-hydrogen) atoms. The summed E-state index contributed by atoms with van der Waals surface area (Å²) in [6.45, 7) is 4.35. The minimum atomic E-state index is 0.0833. The third kappa shape index (κ3) is 3.67. The predicted molar refractivity (Wildman–Crippen MR) is 93.4 cm³/mol. The van der Waals surface area contributed by atoms with Crippen molar-refractivity contribution >= 4 is 38.9 Å². The van der Waals surface area contributed by atoms with Crippen LogP contribution in [0.4, 0.5) is 0 Å². The number of benzene rings is 1. The van der Waals surface area contributed by atoms with Gasteiger partial charge in [-0.25, -0.2) is 4.98 Å². The molecule has 0 radical (unpaired) electrons. The molecule has 0 bridgehead atoms. The molecule has 1 fully saturated rings. The molecular weight excluding hydrogens is 368 g/mol. The van der Waals surface area contributed by atoms with E-state index in [1.165, 1.54) is 12.8 Å². The van der Waals surface area contributed by atoms with Crippen molar-refractivity contribution in [2.75, 3.05) is 0 Å². The Morgan fingerprint density at radius 1 is 1.38 bits per heavy atom. The SMILES string of the molecule is CC(C)c1csc(C(NC2CC2)c2cc(Br)ccc2Cl)n1. The van der Waals surface area contributed by atoms with Gasteiger partial charge in [-0.05, 0) is 42.5 Å². The molecule has 5 heteroatoms. The van der Waals surface area contributed by atoms with Crippen LogP contribution in [0.25, 0.3) is 0 Å². The topological polar surface area (TPSA) is 24.9 Å². The Balaban J connectivity index is 1.97. The van der Waals surface area contributed by atoms with E-state index < -0.39 is 0 Å². The van der Waals surface area contributed by atoms with E-state index in [9.17, 15) is 0 Å². The molecule has 1 aliphatic carbocycles. The molecule has 1 atom stereocenters. The molecule has 1 saturated carbocycles. The van der Waals surface area contributed by atoms with Crippen molar-refractivity contribution in [2.45, 2.75) is 44.7 Å². The number of halogens is 2. The van der Waals surface area contributed by atoms with E-state index in [1.807, 2.05) is 12.1 Å². The smallest absolute Gasteiger partial charge is 0.114 e. The van der Waals surface area contributed by atoms with E-state index in [4.69, 9.17) is 16.6 Å². The van der Waals surface area contributed by atoms with Crippen molar-refractivity contribution in [3.8, 4) is 0 Å². The summed E-state index contributed by atoms with van der Waals surface area (Å²) in [6, 6.07) is 6.69. The van der Waals surface area contributed by atoms with Gasteiger partial charge in [0.25, 0.3) is 0 Å². The summed E-state index contributed by atoms with van der Waals surface area (Å²) in [5.41, 5.74) is 2.26. The summed E-state index contributed by atoms with van der Waals surface area (Å²) >= 11 is 11.7. The van der Waals surface area contributed by atoms with Crippen LogP contribution in [0.3, 0.4) is 0 Å². The molecule has 3 rings (SSSR count). The van der Waals surface area contributed by atoms with Gasteiger partial charge in [0.05, 0.1) is 11.7 Å². The van der Waals surface area contributed by atoms with Crippen molar-refractivity contribution in [1.29, 1.82) is 0 Å². The van der Waals surface area contributed by atoms with Crippen LogP contribution in [0.5, 0.6) is 0 Å². The summed E-state index contributed by atoms with van der Waals surface area (Å²) in [6.07, 6.45) is 2.48. The summed E-state index contributed by atoms with van der Waals surface area (Å²) in [5, 5.41) is 7.74. The fraction of sp³-hybridized carbons (Fsp3) is 0.438. The number of nitrogens with zero attached hydrogens (tertiary/aromatic N) is 1. The minimum absolute atomic E-state index is 0.0833. The highest BCUT2D eigenvalue weighted by molar-refractivity contribution is 9.10. The van der Waals surface area contributed by atoms with Crippen LogP contribution < -0.4 is 5.32 Å². The second-order valence-electron chi connectivity index (χ2n) is 5.81. The maximum absolute atomic E-state index is 6.43. The summed E-state index contributed by atoms with van der Waals surface area (Å²) < 4.78 is 1.05. The highest BCUT2D eigenvalue weighted by Gasteiger charge is 2.29. The summed E-state index contributed by atoms with van der Waals surface area (Å²) in [5.74, 6) is 0.453. The highest BCUT2D eigenvalue weighted by atomic mass is 79.9. The molecule has 2 aromatic rings. The Morgan fingerprint density at radius 2 is 2.14 bits per heavy atom. The van der Waals surface area contributed by atoms with Crippen LogP contribution in [-0.2, 0) is 0 Å². The van der Waals surface area contributed by atoms with Gasteiger partial charge in [0, 0.05) is 20.9 Å². The van der Waals surface area contributed by atoms with Crippen molar-refractivity contribution in [3.63, 3.8) is 0 Å². The minimum Gasteiger partial charge on any atom is -0.301 e. The predicted octanol–water partition coefficient (Wildman–Crippen LogP) is 5.52. The Labute approximate surface area is 143 Å². The van der Waals surface area contributed by atoms with Crippen LogP contribution in [0.2, 0.25) is 5.02 Å². The van der Waals surface area contributed by atoms with Crippen molar-refractivity contribution in [3.05, 3.63) is 49.3 Å². The van der Waals surface area contributed by atoms with E-state index >= 15 is 0 Å². The fourth-order valence-electron chi connectivity index (χ4n) is 2.21. The van der Waals surface area contributed by atoms with Crippen LogP contribution in [0.15, 0.2) is 28.1 Å². The maximum atomic E-state index is 6.43. The quantitative estimate of drug-likeness (QED) is 0.732. The molecule has 1 heterocycles. The highest BCUT2D eigenvalue weighted by Crippen LogP contribution is 2.35. The standard InChI is InChI=1S/C16H18BrClN2S/c1-9(2)14-8-21-16(20-14)15(19-11-4-5-11)12-7-10(17)3-6-13(12)18/h3,6-9,11,15,19H,4-5H2,1-2H3. The lowest BCUT2D eigenvalue weighted by Crippen LogP contribution is -2.24. The zero-order valence-corrected chi connectivity index (χ0v) is 15.2. The molecular formula is C16H18BrClN2S. The number of thiazole rings is 1. The Kier molecular flexibility index (Phi) is 4.69. The zero-order valence-electron chi connectivity index (χ0n) is 12.1. The molecule has 1 aromatic carbocycles. The first-order chi connectivity index (χ1) is 10.0. The van der Waals surface area contributed by atoms with E-state index in [0.717, 1.165) is 25.8 Å². The first-order valence-corrected chi connectivity index (χ1v) is 9.26. The van der Waals surface area contributed by atoms with Gasteiger partial charge in [-0.1, -0.05) is 41.4 Å². The first kappa shape index (κ1) is 15.5. The zero-order chi connectivity index (χ0) is 15.0. The number of nitrogens with one attached hydrogen (secondary N) is 1. The van der Waals surface area contributed by atoms with Crippen LogP contribution in [-0.4, -0.2) is 11.0 Å². The number of hydrogen-bond acceptors (Lipinski definition) is 3. The number of rotatable bonds is 5. The molecule has 1 aromatic heterocycles. The normalized spacial score (nSPS) is 16.4. The fourth-order valence-corrected chi connectivity index (χ4v) is 3.88. The monoisotopic (exact) mass is 384 g/mol. The molecule has 0 amide bonds. The number of aromatic nitrogens is 1. The molecule has 112 valence electrons. The van der Waals surface area contributed by atoms with Gasteiger partial charge in [-0.15, -0.1) is 11.3 Å². The summed E-state index contributed by atoms with van der Waals surface area (Å²) in [4.78, 5) is 4.82. The van der Waals surface area contributed by atoms with Gasteiger partial charge in [0.15, 0.2) is 0 Å². The van der Waals surface area contributed by atoms with Gasteiger partial charge in [0.2, 0.25) is 0 Å². The Bertz CT molecular complexity index is 637. The molecule has 1 unspecified atom stereocenters. The number of hydrogen-bond donors (Lipinski definition) is 1. The van der Waals surface area contributed by atoms with Crippen LogP contribution in [0.1, 0.15) is 54.9 Å². The van der Waals surface area contributed by atoms with Gasteiger partial charge in [-0.2, -0.15) is 0 Å². The molecule has 1 aliphatic rings. The molecule has 1 N–H and O–H groups in total. The average molecular weight is 386 g/mol. The molecule has 0 saturated heterocycles. The van der Waals surface area contributed by atoms with Gasteiger partial charge in [-0.3, -0.25) is 0 Å². The van der Waals surface area contributed by atoms with Crippen molar-refractivity contribution in [1.82, 2.24) is 10.3 Å². The molecule has 0 aliphatic heterocycles. The van der Waals surface area contributed by atoms with E-state index in [2.05, 4.69) is 46.5 Å².